The first kappa shape index (κ1) is 20.1. The number of hydrogen-bond donors (Lipinski definition) is 0. The molecule has 0 radical (unpaired) electrons. The molecular formula is C19H17N5O4S. The molecule has 0 saturated heterocycles. The fourth-order valence-electron chi connectivity index (χ4n) is 2.74. The fraction of sp³-hybridized carbons (Fsp3) is 0.158. The summed E-state index contributed by atoms with van der Waals surface area (Å²) in [7, 11) is 0. The molecule has 29 heavy (non-hydrogen) atoms. The van der Waals surface area contributed by atoms with Crippen LogP contribution in [0.5, 0.6) is 0 Å². The van der Waals surface area contributed by atoms with Crippen LogP contribution in [0.2, 0.25) is 0 Å². The number of aromatic nitrogens is 1. The second-order valence-electron chi connectivity index (χ2n) is 6.05. The minimum absolute atomic E-state index is 0.00949. The zero-order valence-electron chi connectivity index (χ0n) is 15.7. The first-order valence-electron chi connectivity index (χ1n) is 8.67. The standard InChI is InChI=1S/C19H17N5O4S/c1-3-22-18(15-7-5-9-17(11-15)24(27)28)12-29-19(22)21-20-13(2)14-6-4-8-16(10-14)23(25)26/h4-12H,3H2,1-2H3/b20-13-,21-19-. The Kier molecular flexibility index (Phi) is 5.93. The average Bonchev–Trinajstić information content (AvgIpc) is 3.15. The Bertz CT molecular complexity index is 1180. The number of nitrogens with zero attached hydrogens (tertiary/aromatic N) is 5. The summed E-state index contributed by atoms with van der Waals surface area (Å²) in [6.45, 7) is 4.28. The maximum absolute atomic E-state index is 11.0. The number of non-ortho nitro benzene ring substituents is 2. The van der Waals surface area contributed by atoms with Crippen LogP contribution in [0.3, 0.4) is 0 Å². The van der Waals surface area contributed by atoms with Crippen LogP contribution < -0.4 is 4.80 Å². The molecule has 0 aliphatic heterocycles. The minimum Gasteiger partial charge on any atom is -0.315 e. The molecule has 0 spiro atoms. The van der Waals surface area contributed by atoms with E-state index in [9.17, 15) is 20.2 Å². The van der Waals surface area contributed by atoms with Crippen molar-refractivity contribution in [3.05, 3.63) is 84.5 Å². The van der Waals surface area contributed by atoms with Crippen molar-refractivity contribution in [3.8, 4) is 11.3 Å². The highest BCUT2D eigenvalue weighted by molar-refractivity contribution is 7.07. The molecule has 3 aromatic rings. The smallest absolute Gasteiger partial charge is 0.270 e. The van der Waals surface area contributed by atoms with Crippen LogP contribution in [0.15, 0.2) is 64.1 Å². The van der Waals surface area contributed by atoms with Gasteiger partial charge in [0, 0.05) is 47.3 Å². The van der Waals surface area contributed by atoms with Gasteiger partial charge in [-0.05, 0) is 13.8 Å². The summed E-state index contributed by atoms with van der Waals surface area (Å²) < 4.78 is 1.91. The van der Waals surface area contributed by atoms with E-state index in [0.717, 1.165) is 11.3 Å². The summed E-state index contributed by atoms with van der Waals surface area (Å²) in [5.74, 6) is 0. The second kappa shape index (κ2) is 8.57. The van der Waals surface area contributed by atoms with Gasteiger partial charge >= 0.3 is 0 Å². The minimum atomic E-state index is -0.455. The molecule has 148 valence electrons. The molecule has 1 aromatic heterocycles. The van der Waals surface area contributed by atoms with Crippen molar-refractivity contribution >= 4 is 28.4 Å². The number of nitro benzene ring substituents is 2. The number of hydrogen-bond acceptors (Lipinski definition) is 7. The lowest BCUT2D eigenvalue weighted by Gasteiger charge is -2.05. The van der Waals surface area contributed by atoms with Gasteiger partial charge in [0.2, 0.25) is 4.80 Å². The average molecular weight is 411 g/mol. The van der Waals surface area contributed by atoms with E-state index < -0.39 is 9.85 Å². The number of nitro groups is 2. The molecule has 0 aliphatic carbocycles. The van der Waals surface area contributed by atoms with Gasteiger partial charge in [-0.2, -0.15) is 5.10 Å². The van der Waals surface area contributed by atoms with Crippen LogP contribution in [0.1, 0.15) is 19.4 Å². The first-order valence-corrected chi connectivity index (χ1v) is 9.55. The van der Waals surface area contributed by atoms with Crippen LogP contribution in [0.4, 0.5) is 11.4 Å². The van der Waals surface area contributed by atoms with Gasteiger partial charge < -0.3 is 4.57 Å². The number of thiazole rings is 1. The monoisotopic (exact) mass is 411 g/mol. The van der Waals surface area contributed by atoms with Gasteiger partial charge in [-0.1, -0.05) is 24.3 Å². The van der Waals surface area contributed by atoms with Crippen molar-refractivity contribution in [2.24, 2.45) is 10.2 Å². The van der Waals surface area contributed by atoms with E-state index in [1.165, 1.54) is 35.6 Å². The largest absolute Gasteiger partial charge is 0.315 e. The summed E-state index contributed by atoms with van der Waals surface area (Å²) in [5, 5.41) is 32.4. The maximum atomic E-state index is 11.0. The molecule has 9 nitrogen and oxygen atoms in total. The Hall–Kier alpha value is -3.66. The van der Waals surface area contributed by atoms with E-state index in [1.54, 1.807) is 25.1 Å². The van der Waals surface area contributed by atoms with E-state index in [-0.39, 0.29) is 11.4 Å². The second-order valence-corrected chi connectivity index (χ2v) is 6.88. The van der Waals surface area contributed by atoms with Gasteiger partial charge in [-0.15, -0.1) is 16.4 Å². The van der Waals surface area contributed by atoms with E-state index in [2.05, 4.69) is 10.2 Å². The summed E-state index contributed by atoms with van der Waals surface area (Å²) in [5.41, 5.74) is 2.70. The third-order valence-electron chi connectivity index (χ3n) is 4.23. The van der Waals surface area contributed by atoms with Crippen LogP contribution >= 0.6 is 11.3 Å². The normalized spacial score (nSPS) is 12.2. The van der Waals surface area contributed by atoms with Gasteiger partial charge in [0.15, 0.2) is 0 Å². The van der Waals surface area contributed by atoms with Gasteiger partial charge in [-0.25, -0.2) is 0 Å². The van der Waals surface area contributed by atoms with Gasteiger partial charge in [0.1, 0.15) is 0 Å². The summed E-state index contributed by atoms with van der Waals surface area (Å²) in [4.78, 5) is 21.7. The van der Waals surface area contributed by atoms with Gasteiger partial charge in [0.05, 0.1) is 21.3 Å². The molecule has 0 fully saturated rings. The lowest BCUT2D eigenvalue weighted by molar-refractivity contribution is -0.385. The van der Waals surface area contributed by atoms with Gasteiger partial charge in [0.25, 0.3) is 11.4 Å². The first-order chi connectivity index (χ1) is 13.9. The summed E-state index contributed by atoms with van der Waals surface area (Å²) in [6, 6.07) is 12.6. The molecule has 10 heteroatoms. The van der Waals surface area contributed by atoms with Crippen LogP contribution in [0.25, 0.3) is 11.3 Å². The van der Waals surface area contributed by atoms with Crippen molar-refractivity contribution < 1.29 is 9.85 Å². The molecular weight excluding hydrogens is 394 g/mol. The van der Waals surface area contributed by atoms with Crippen molar-refractivity contribution in [1.29, 1.82) is 0 Å². The molecule has 0 bridgehead atoms. The highest BCUT2D eigenvalue weighted by Gasteiger charge is 2.12. The lowest BCUT2D eigenvalue weighted by atomic mass is 10.1. The lowest BCUT2D eigenvalue weighted by Crippen LogP contribution is -2.14. The van der Waals surface area contributed by atoms with Crippen LogP contribution in [0, 0.1) is 20.2 Å². The molecule has 0 atom stereocenters. The summed E-state index contributed by atoms with van der Waals surface area (Å²) >= 11 is 1.37. The molecule has 0 aliphatic rings. The Labute approximate surface area is 169 Å². The quantitative estimate of drug-likeness (QED) is 0.340. The zero-order valence-corrected chi connectivity index (χ0v) is 16.5. The Balaban J connectivity index is 2.00. The van der Waals surface area contributed by atoms with Crippen molar-refractivity contribution in [2.75, 3.05) is 0 Å². The Morgan fingerprint density at radius 1 is 1.07 bits per heavy atom. The molecule has 0 amide bonds. The third-order valence-corrected chi connectivity index (χ3v) is 5.08. The van der Waals surface area contributed by atoms with E-state index in [0.29, 0.717) is 22.6 Å². The highest BCUT2D eigenvalue weighted by atomic mass is 32.1. The molecule has 2 aromatic carbocycles. The van der Waals surface area contributed by atoms with E-state index in [4.69, 9.17) is 0 Å². The Morgan fingerprint density at radius 3 is 2.38 bits per heavy atom. The predicted molar refractivity (Wildman–Crippen MR) is 111 cm³/mol. The highest BCUT2D eigenvalue weighted by Crippen LogP contribution is 2.24. The van der Waals surface area contributed by atoms with Crippen molar-refractivity contribution in [1.82, 2.24) is 4.57 Å². The Morgan fingerprint density at radius 2 is 1.72 bits per heavy atom. The van der Waals surface area contributed by atoms with Crippen LogP contribution in [-0.4, -0.2) is 20.1 Å². The third kappa shape index (κ3) is 4.43. The van der Waals surface area contributed by atoms with Crippen LogP contribution in [-0.2, 0) is 6.54 Å². The summed E-state index contributed by atoms with van der Waals surface area (Å²) in [6.07, 6.45) is 0. The predicted octanol–water partition coefficient (Wildman–Crippen LogP) is 4.38. The van der Waals surface area contributed by atoms with Crippen molar-refractivity contribution in [2.45, 2.75) is 20.4 Å². The fourth-order valence-corrected chi connectivity index (χ4v) is 3.67. The molecule has 0 unspecified atom stereocenters. The van der Waals surface area contributed by atoms with E-state index >= 15 is 0 Å². The topological polar surface area (TPSA) is 116 Å². The molecule has 1 heterocycles. The molecule has 0 saturated carbocycles. The SMILES string of the molecule is CCn1c(-c2cccc([N+](=O)[O-])c2)cs/c1=N\N=C(\C)c1cccc([N+](=O)[O-])c1. The van der Waals surface area contributed by atoms with Crippen molar-refractivity contribution in [3.63, 3.8) is 0 Å². The maximum Gasteiger partial charge on any atom is 0.270 e. The van der Waals surface area contributed by atoms with Gasteiger partial charge in [-0.3, -0.25) is 20.2 Å². The molecule has 3 rings (SSSR count). The zero-order chi connectivity index (χ0) is 21.0. The van der Waals surface area contributed by atoms with E-state index in [1.807, 2.05) is 22.9 Å². The number of benzene rings is 2. The molecule has 0 N–H and O–H groups in total. The number of rotatable bonds is 6.